The zero-order valence-corrected chi connectivity index (χ0v) is 10.3. The van der Waals surface area contributed by atoms with E-state index in [4.69, 9.17) is 10.5 Å². The zero-order chi connectivity index (χ0) is 12.8. The van der Waals surface area contributed by atoms with Crippen LogP contribution in [0.4, 0.5) is 5.69 Å². The molecule has 1 aromatic carbocycles. The highest BCUT2D eigenvalue weighted by Gasteiger charge is 2.12. The Morgan fingerprint density at radius 1 is 1.41 bits per heavy atom. The average molecular weight is 235 g/mol. The Labute approximate surface area is 101 Å². The molecule has 0 aliphatic carbocycles. The molecule has 0 aliphatic rings. The van der Waals surface area contributed by atoms with Crippen molar-refractivity contribution in [3.8, 4) is 5.75 Å². The number of carbonyl (C=O) groups is 1. The summed E-state index contributed by atoms with van der Waals surface area (Å²) < 4.78 is 9.81. The molecule has 0 saturated carbocycles. The summed E-state index contributed by atoms with van der Waals surface area (Å²) in [7, 11) is 2.85. The minimum Gasteiger partial charge on any atom is -0.495 e. The summed E-state index contributed by atoms with van der Waals surface area (Å²) in [6.45, 7) is 2.02. The van der Waals surface area contributed by atoms with E-state index in [0.717, 1.165) is 12.0 Å². The van der Waals surface area contributed by atoms with Gasteiger partial charge in [-0.1, -0.05) is 19.1 Å². The van der Waals surface area contributed by atoms with Gasteiger partial charge in [0.15, 0.2) is 0 Å². The highest BCUT2D eigenvalue weighted by molar-refractivity contribution is 5.92. The molecular weight excluding hydrogens is 218 g/mol. The lowest BCUT2D eigenvalue weighted by Gasteiger charge is -2.10. The van der Waals surface area contributed by atoms with Gasteiger partial charge in [0, 0.05) is 5.56 Å². The van der Waals surface area contributed by atoms with Crippen LogP contribution in [0.3, 0.4) is 0 Å². The van der Waals surface area contributed by atoms with Crippen LogP contribution in [0.5, 0.6) is 5.75 Å². The summed E-state index contributed by atoms with van der Waals surface area (Å²) >= 11 is 0. The first-order valence-corrected chi connectivity index (χ1v) is 5.36. The Balaban J connectivity index is 3.28. The van der Waals surface area contributed by atoms with E-state index in [9.17, 15) is 4.79 Å². The minimum absolute atomic E-state index is 0.408. The normalized spacial score (nSPS) is 10.5. The van der Waals surface area contributed by atoms with Gasteiger partial charge in [0.2, 0.25) is 0 Å². The third-order valence-corrected chi connectivity index (χ3v) is 2.35. The second-order valence-electron chi connectivity index (χ2n) is 3.48. The second-order valence-corrected chi connectivity index (χ2v) is 3.48. The lowest BCUT2D eigenvalue weighted by atomic mass is 10.1. The van der Waals surface area contributed by atoms with Crippen molar-refractivity contribution in [1.82, 2.24) is 0 Å². The third kappa shape index (κ3) is 3.00. The van der Waals surface area contributed by atoms with E-state index in [1.165, 1.54) is 14.2 Å². The molecule has 1 rings (SSSR count). The molecule has 0 spiro atoms. The Morgan fingerprint density at radius 3 is 2.65 bits per heavy atom. The molecule has 0 heterocycles. The van der Waals surface area contributed by atoms with E-state index in [2.05, 4.69) is 4.74 Å². The van der Waals surface area contributed by atoms with Crippen molar-refractivity contribution in [3.05, 3.63) is 29.3 Å². The topological polar surface area (TPSA) is 61.5 Å². The molecule has 17 heavy (non-hydrogen) atoms. The van der Waals surface area contributed by atoms with Crippen LogP contribution >= 0.6 is 0 Å². The quantitative estimate of drug-likeness (QED) is 0.643. The van der Waals surface area contributed by atoms with E-state index in [0.29, 0.717) is 17.0 Å². The first-order valence-electron chi connectivity index (χ1n) is 5.36. The van der Waals surface area contributed by atoms with Crippen LogP contribution in [0.25, 0.3) is 6.08 Å². The number of methoxy groups -OCH3 is 2. The zero-order valence-electron chi connectivity index (χ0n) is 10.3. The summed E-state index contributed by atoms with van der Waals surface area (Å²) in [5.74, 6) is 0.0677. The number of rotatable bonds is 4. The van der Waals surface area contributed by atoms with Gasteiger partial charge in [-0.25, -0.2) is 4.79 Å². The summed E-state index contributed by atoms with van der Waals surface area (Å²) in [5.41, 5.74) is 7.62. The number of benzene rings is 1. The van der Waals surface area contributed by atoms with Gasteiger partial charge in [0.1, 0.15) is 5.75 Å². The number of hydrogen-bond acceptors (Lipinski definition) is 4. The van der Waals surface area contributed by atoms with Crippen LogP contribution in [0.15, 0.2) is 18.2 Å². The molecule has 1 aromatic rings. The molecule has 0 radical (unpaired) electrons. The van der Waals surface area contributed by atoms with Gasteiger partial charge in [-0.05, 0) is 18.6 Å². The van der Waals surface area contributed by atoms with Crippen LogP contribution in [-0.2, 0) is 4.74 Å². The number of ether oxygens (including phenoxy) is 2. The number of carbonyl (C=O) groups excluding carboxylic acids is 1. The van der Waals surface area contributed by atoms with Crippen molar-refractivity contribution in [1.29, 1.82) is 0 Å². The standard InChI is InChI=1S/C13H17NO3/c1-4-5-6-9-7-10(13(15)17-3)8-11(16-2)12(9)14/h5-8H,4,14H2,1-3H3/b6-5+. The fourth-order valence-electron chi connectivity index (χ4n) is 1.44. The van der Waals surface area contributed by atoms with Gasteiger partial charge in [0.05, 0.1) is 25.5 Å². The average Bonchev–Trinajstić information content (AvgIpc) is 2.36. The number of nitrogens with two attached hydrogens (primary N) is 1. The number of hydrogen-bond donors (Lipinski definition) is 1. The van der Waals surface area contributed by atoms with Crippen molar-refractivity contribution in [2.24, 2.45) is 0 Å². The van der Waals surface area contributed by atoms with Gasteiger partial charge in [-0.2, -0.15) is 0 Å². The summed E-state index contributed by atoms with van der Waals surface area (Å²) in [4.78, 5) is 11.5. The van der Waals surface area contributed by atoms with E-state index >= 15 is 0 Å². The van der Waals surface area contributed by atoms with Gasteiger partial charge in [-0.3, -0.25) is 0 Å². The van der Waals surface area contributed by atoms with Crippen LogP contribution in [0, 0.1) is 0 Å². The van der Waals surface area contributed by atoms with E-state index in [-0.39, 0.29) is 0 Å². The van der Waals surface area contributed by atoms with Crippen LogP contribution in [-0.4, -0.2) is 20.2 Å². The van der Waals surface area contributed by atoms with Crippen molar-refractivity contribution in [2.45, 2.75) is 13.3 Å². The van der Waals surface area contributed by atoms with E-state index in [1.54, 1.807) is 12.1 Å². The Kier molecular flexibility index (Phi) is 4.57. The van der Waals surface area contributed by atoms with E-state index < -0.39 is 5.97 Å². The maximum Gasteiger partial charge on any atom is 0.338 e. The van der Waals surface area contributed by atoms with Crippen molar-refractivity contribution < 1.29 is 14.3 Å². The number of esters is 1. The monoisotopic (exact) mass is 235 g/mol. The fourth-order valence-corrected chi connectivity index (χ4v) is 1.44. The number of anilines is 1. The van der Waals surface area contributed by atoms with Crippen molar-refractivity contribution in [3.63, 3.8) is 0 Å². The maximum atomic E-state index is 11.5. The summed E-state index contributed by atoms with van der Waals surface area (Å²) in [5, 5.41) is 0. The smallest absolute Gasteiger partial charge is 0.338 e. The molecule has 0 atom stereocenters. The first kappa shape index (κ1) is 13.1. The molecule has 2 N–H and O–H groups in total. The Morgan fingerprint density at radius 2 is 2.12 bits per heavy atom. The molecular formula is C13H17NO3. The molecule has 4 heteroatoms. The van der Waals surface area contributed by atoms with Crippen LogP contribution < -0.4 is 10.5 Å². The number of allylic oxidation sites excluding steroid dienone is 1. The molecule has 0 aromatic heterocycles. The SMILES string of the molecule is CC/C=C/c1cc(C(=O)OC)cc(OC)c1N. The predicted octanol–water partition coefficient (Wildman–Crippen LogP) is 2.49. The highest BCUT2D eigenvalue weighted by atomic mass is 16.5. The van der Waals surface area contributed by atoms with Gasteiger partial charge < -0.3 is 15.2 Å². The third-order valence-electron chi connectivity index (χ3n) is 2.35. The first-order chi connectivity index (χ1) is 8.13. The van der Waals surface area contributed by atoms with Gasteiger partial charge >= 0.3 is 5.97 Å². The largest absolute Gasteiger partial charge is 0.495 e. The molecule has 92 valence electrons. The molecule has 0 fully saturated rings. The highest BCUT2D eigenvalue weighted by Crippen LogP contribution is 2.28. The van der Waals surface area contributed by atoms with Crippen LogP contribution in [0.2, 0.25) is 0 Å². The lowest BCUT2D eigenvalue weighted by Crippen LogP contribution is -2.04. The molecule has 0 unspecified atom stereocenters. The van der Waals surface area contributed by atoms with E-state index in [1.807, 2.05) is 19.1 Å². The molecule has 0 bridgehead atoms. The maximum absolute atomic E-state index is 11.5. The van der Waals surface area contributed by atoms with Gasteiger partial charge in [-0.15, -0.1) is 0 Å². The second kappa shape index (κ2) is 5.94. The summed E-state index contributed by atoms with van der Waals surface area (Å²) in [6.07, 6.45) is 4.72. The van der Waals surface area contributed by atoms with Gasteiger partial charge in [0.25, 0.3) is 0 Å². The predicted molar refractivity (Wildman–Crippen MR) is 68.1 cm³/mol. The molecule has 0 amide bonds. The molecule has 0 aliphatic heterocycles. The lowest BCUT2D eigenvalue weighted by molar-refractivity contribution is 0.0600. The van der Waals surface area contributed by atoms with Crippen molar-refractivity contribution >= 4 is 17.7 Å². The summed E-state index contributed by atoms with van der Waals surface area (Å²) in [6, 6.07) is 3.26. The van der Waals surface area contributed by atoms with Crippen LogP contribution in [0.1, 0.15) is 29.3 Å². The fraction of sp³-hybridized carbons (Fsp3) is 0.308. The van der Waals surface area contributed by atoms with Crippen molar-refractivity contribution in [2.75, 3.05) is 20.0 Å². The Hall–Kier alpha value is -1.97. The Bertz CT molecular complexity index is 439. The number of nitrogen functional groups attached to an aromatic ring is 1. The minimum atomic E-state index is -0.408. The molecule has 0 saturated heterocycles. The molecule has 4 nitrogen and oxygen atoms in total.